The van der Waals surface area contributed by atoms with E-state index in [2.05, 4.69) is 20.3 Å². The average Bonchev–Trinajstić information content (AvgIpc) is 2.71. The fourth-order valence-corrected chi connectivity index (χ4v) is 4.18. The number of alkyl halides is 2. The van der Waals surface area contributed by atoms with Crippen molar-refractivity contribution in [1.82, 2.24) is 15.0 Å². The number of hydrogen-bond acceptors (Lipinski definition) is 6. The summed E-state index contributed by atoms with van der Waals surface area (Å²) in [5.74, 6) is -4.03. The number of anilines is 1. The number of halogens is 3. The van der Waals surface area contributed by atoms with E-state index < -0.39 is 36.6 Å². The number of aromatic nitrogens is 3. The van der Waals surface area contributed by atoms with Gasteiger partial charge < -0.3 is 15.0 Å². The summed E-state index contributed by atoms with van der Waals surface area (Å²) >= 11 is 0. The number of hydrogen-bond donors (Lipinski definition) is 2. The van der Waals surface area contributed by atoms with Gasteiger partial charge >= 0.3 is 5.92 Å². The molecule has 0 spiro atoms. The monoisotopic (exact) mass is 466 g/mol. The normalized spacial score (nSPS) is 14.4. The highest BCUT2D eigenvalue weighted by molar-refractivity contribution is 7.69. The van der Waals surface area contributed by atoms with E-state index in [1.54, 1.807) is 33.2 Å². The Morgan fingerprint density at radius 3 is 2.56 bits per heavy atom. The third-order valence-corrected chi connectivity index (χ3v) is 6.59. The molecule has 0 fully saturated rings. The summed E-state index contributed by atoms with van der Waals surface area (Å²) in [5, 5.41) is 13.3. The van der Waals surface area contributed by atoms with Gasteiger partial charge in [-0.15, -0.1) is 0 Å². The lowest BCUT2D eigenvalue weighted by Gasteiger charge is -2.24. The van der Waals surface area contributed by atoms with E-state index in [0.717, 1.165) is 6.07 Å². The van der Waals surface area contributed by atoms with Gasteiger partial charge in [-0.1, -0.05) is 19.1 Å². The molecule has 2 heterocycles. The molecule has 2 N–H and O–H groups in total. The molecule has 2 aromatic heterocycles. The molecule has 172 valence electrons. The van der Waals surface area contributed by atoms with Crippen LogP contribution in [0, 0.1) is 12.7 Å². The molecule has 0 aliphatic carbocycles. The van der Waals surface area contributed by atoms with Crippen molar-refractivity contribution in [3.63, 3.8) is 0 Å². The van der Waals surface area contributed by atoms with Crippen molar-refractivity contribution >= 4 is 29.3 Å². The van der Waals surface area contributed by atoms with Gasteiger partial charge in [0, 0.05) is 10.9 Å². The van der Waals surface area contributed by atoms with Gasteiger partial charge in [0.1, 0.15) is 36.1 Å². The lowest BCUT2D eigenvalue weighted by atomic mass is 9.96. The molecule has 0 radical (unpaired) electrons. The molecule has 32 heavy (non-hydrogen) atoms. The summed E-state index contributed by atoms with van der Waals surface area (Å²) in [6.07, 6.45) is -0.706. The van der Waals surface area contributed by atoms with Crippen molar-refractivity contribution in [2.75, 3.05) is 18.6 Å². The first-order valence-corrected chi connectivity index (χ1v) is 12.8. The number of aliphatic hydroxyl groups is 1. The second-order valence-corrected chi connectivity index (χ2v) is 11.3. The predicted octanol–water partition coefficient (Wildman–Crippen LogP) is 4.76. The van der Waals surface area contributed by atoms with Gasteiger partial charge in [0.15, 0.2) is 0 Å². The lowest BCUT2D eigenvalue weighted by Crippen LogP contribution is -2.31. The van der Waals surface area contributed by atoms with Crippen molar-refractivity contribution in [3.05, 3.63) is 53.2 Å². The van der Waals surface area contributed by atoms with Crippen LogP contribution < -0.4 is 10.8 Å². The highest BCUT2D eigenvalue weighted by Crippen LogP contribution is 2.38. The van der Waals surface area contributed by atoms with Gasteiger partial charge in [-0.2, -0.15) is 8.78 Å². The Kier molecular flexibility index (Phi) is 6.63. The molecule has 0 aliphatic heterocycles. The molecule has 0 saturated carbocycles. The van der Waals surface area contributed by atoms with Crippen LogP contribution in [0.2, 0.25) is 0 Å². The van der Waals surface area contributed by atoms with Gasteiger partial charge in [0.05, 0.1) is 23.3 Å². The fourth-order valence-electron chi connectivity index (χ4n) is 3.40. The van der Waals surface area contributed by atoms with Crippen LogP contribution in [-0.2, 0) is 10.5 Å². The molecular formula is C22H26F3N4O2P. The molecule has 0 amide bonds. The van der Waals surface area contributed by atoms with Crippen LogP contribution in [0.5, 0.6) is 0 Å². The minimum atomic E-state index is -3.73. The standard InChI is InChI=1S/C22H26F3N4O2P/c1-6-18(30)22(24,25)16-9-7-8-14(20(16)23)12(2)27-21-15-10-19(32(4,5)31)26-11-17(15)28-13(3)29-21/h7-12,18,30H,6H2,1-5H3,(H,27,28,29). The average molecular weight is 466 g/mol. The lowest BCUT2D eigenvalue weighted by molar-refractivity contribution is -0.118. The quantitative estimate of drug-likeness (QED) is 0.489. The summed E-state index contributed by atoms with van der Waals surface area (Å²) in [6, 6.07) is 4.60. The number of fused-ring (bicyclic) bond motifs is 1. The van der Waals surface area contributed by atoms with Crippen molar-refractivity contribution in [1.29, 1.82) is 0 Å². The van der Waals surface area contributed by atoms with Crippen LogP contribution >= 0.6 is 7.14 Å². The summed E-state index contributed by atoms with van der Waals surface area (Å²) < 4.78 is 56.7. The van der Waals surface area contributed by atoms with E-state index in [0.29, 0.717) is 28.0 Å². The first-order valence-electron chi connectivity index (χ1n) is 10.2. The van der Waals surface area contributed by atoms with Crippen LogP contribution in [0.25, 0.3) is 10.9 Å². The Morgan fingerprint density at radius 1 is 1.25 bits per heavy atom. The van der Waals surface area contributed by atoms with Gasteiger partial charge in [0.2, 0.25) is 0 Å². The Morgan fingerprint density at radius 2 is 1.94 bits per heavy atom. The summed E-state index contributed by atoms with van der Waals surface area (Å²) in [7, 11) is -2.65. The van der Waals surface area contributed by atoms with Gasteiger partial charge in [0.25, 0.3) is 0 Å². The highest BCUT2D eigenvalue weighted by Gasteiger charge is 2.42. The smallest absolute Gasteiger partial charge is 0.301 e. The second-order valence-electron chi connectivity index (χ2n) is 8.15. The zero-order chi connectivity index (χ0) is 23.8. The number of rotatable bonds is 7. The molecule has 2 unspecified atom stereocenters. The van der Waals surface area contributed by atoms with Crippen LogP contribution in [0.1, 0.15) is 43.3 Å². The van der Waals surface area contributed by atoms with Gasteiger partial charge in [-0.3, -0.25) is 4.98 Å². The zero-order valence-electron chi connectivity index (χ0n) is 18.5. The van der Waals surface area contributed by atoms with Crippen molar-refractivity contribution < 1.29 is 22.8 Å². The Labute approximate surface area is 184 Å². The number of aliphatic hydroxyl groups excluding tert-OH is 1. The summed E-state index contributed by atoms with van der Waals surface area (Å²) in [6.45, 7) is 7.89. The number of nitrogens with zero attached hydrogens (tertiary/aromatic N) is 3. The first-order chi connectivity index (χ1) is 14.9. The molecule has 1 aromatic carbocycles. The highest BCUT2D eigenvalue weighted by atomic mass is 31.2. The Balaban J connectivity index is 2.05. The second kappa shape index (κ2) is 8.79. The van der Waals surface area contributed by atoms with E-state index in [9.17, 15) is 18.5 Å². The molecule has 3 rings (SSSR count). The van der Waals surface area contributed by atoms with E-state index in [-0.39, 0.29) is 12.0 Å². The fraction of sp³-hybridized carbons (Fsp3) is 0.409. The van der Waals surface area contributed by atoms with Crippen LogP contribution in [0.3, 0.4) is 0 Å². The van der Waals surface area contributed by atoms with Gasteiger partial charge in [-0.05, 0) is 45.7 Å². The zero-order valence-corrected chi connectivity index (χ0v) is 19.4. The summed E-state index contributed by atoms with van der Waals surface area (Å²) in [4.78, 5) is 12.9. The van der Waals surface area contributed by atoms with Crippen LogP contribution in [0.4, 0.5) is 19.0 Å². The molecular weight excluding hydrogens is 440 g/mol. The molecule has 6 nitrogen and oxygen atoms in total. The largest absolute Gasteiger partial charge is 0.386 e. The third kappa shape index (κ3) is 4.64. The molecule has 0 saturated heterocycles. The number of aryl methyl sites for hydroxylation is 1. The van der Waals surface area contributed by atoms with Crippen molar-refractivity contribution in [3.8, 4) is 0 Å². The van der Waals surface area contributed by atoms with Crippen molar-refractivity contribution in [2.45, 2.75) is 45.3 Å². The summed E-state index contributed by atoms with van der Waals surface area (Å²) in [5.41, 5.74) is 0.0534. The molecule has 3 aromatic rings. The van der Waals surface area contributed by atoms with E-state index >= 15 is 4.39 Å². The molecule has 10 heteroatoms. The maximum Gasteiger partial charge on any atom is 0.301 e. The maximum absolute atomic E-state index is 15.1. The minimum absolute atomic E-state index is 0.000766. The molecule has 0 aliphatic rings. The Hall–Kier alpha value is -2.51. The molecule has 2 atom stereocenters. The predicted molar refractivity (Wildman–Crippen MR) is 120 cm³/mol. The first kappa shape index (κ1) is 24.1. The van der Waals surface area contributed by atoms with Gasteiger partial charge in [-0.25, -0.2) is 14.4 Å². The number of benzene rings is 1. The number of nitrogens with one attached hydrogen (secondary N) is 1. The minimum Gasteiger partial charge on any atom is -0.386 e. The van der Waals surface area contributed by atoms with Crippen LogP contribution in [0.15, 0.2) is 30.5 Å². The van der Waals surface area contributed by atoms with Crippen molar-refractivity contribution in [2.24, 2.45) is 0 Å². The molecule has 0 bridgehead atoms. The van der Waals surface area contributed by atoms with E-state index in [1.165, 1.54) is 25.3 Å². The SMILES string of the molecule is CCC(O)C(F)(F)c1cccc(C(C)Nc2nc(C)nc3cnc(P(C)(C)=O)cc23)c1F. The van der Waals surface area contributed by atoms with E-state index in [4.69, 9.17) is 0 Å². The number of pyridine rings is 1. The van der Waals surface area contributed by atoms with E-state index in [1.807, 2.05) is 0 Å². The van der Waals surface area contributed by atoms with Crippen LogP contribution in [-0.4, -0.2) is 39.5 Å². The maximum atomic E-state index is 15.1. The third-order valence-electron chi connectivity index (χ3n) is 5.24. The topological polar surface area (TPSA) is 88.0 Å². The Bertz CT molecular complexity index is 1200.